The fourth-order valence-electron chi connectivity index (χ4n) is 2.51. The van der Waals surface area contributed by atoms with Crippen LogP contribution in [-0.2, 0) is 10.0 Å². The standard InChI is InChI=1S/C14H19N5O4S/c1-9(2)18-24(21,22)10-7-11(15-8-10)12-16-17-13(23-12)14(20)19-5-3-4-6-19/h7-9,15,18H,3-6H2,1-2H3. The molecule has 2 aromatic rings. The summed E-state index contributed by atoms with van der Waals surface area (Å²) in [6.07, 6.45) is 3.27. The predicted octanol–water partition coefficient (Wildman–Crippen LogP) is 0.987. The van der Waals surface area contributed by atoms with Crippen molar-refractivity contribution in [2.45, 2.75) is 37.6 Å². The topological polar surface area (TPSA) is 121 Å². The van der Waals surface area contributed by atoms with Gasteiger partial charge in [0.15, 0.2) is 0 Å². The highest BCUT2D eigenvalue weighted by Gasteiger charge is 2.25. The van der Waals surface area contributed by atoms with E-state index in [1.54, 1.807) is 18.7 Å². The van der Waals surface area contributed by atoms with Gasteiger partial charge >= 0.3 is 11.8 Å². The monoisotopic (exact) mass is 353 g/mol. The van der Waals surface area contributed by atoms with Crippen LogP contribution in [0.15, 0.2) is 21.6 Å². The molecule has 1 fully saturated rings. The summed E-state index contributed by atoms with van der Waals surface area (Å²) >= 11 is 0. The second kappa shape index (κ2) is 6.36. The molecule has 0 radical (unpaired) electrons. The zero-order chi connectivity index (χ0) is 17.3. The minimum atomic E-state index is -3.62. The number of amides is 1. The third-order valence-corrected chi connectivity index (χ3v) is 5.23. The van der Waals surface area contributed by atoms with Crippen LogP contribution in [-0.4, -0.2) is 53.5 Å². The molecule has 0 spiro atoms. The number of carbonyl (C=O) groups is 1. The van der Waals surface area contributed by atoms with E-state index in [-0.39, 0.29) is 28.6 Å². The second-order valence-electron chi connectivity index (χ2n) is 5.94. The van der Waals surface area contributed by atoms with Crippen LogP contribution < -0.4 is 4.72 Å². The van der Waals surface area contributed by atoms with Gasteiger partial charge in [0, 0.05) is 25.3 Å². The molecule has 1 aliphatic heterocycles. The average molecular weight is 353 g/mol. The minimum absolute atomic E-state index is 0.0665. The Balaban J connectivity index is 1.80. The van der Waals surface area contributed by atoms with E-state index >= 15 is 0 Å². The first kappa shape index (κ1) is 16.7. The van der Waals surface area contributed by atoms with E-state index in [4.69, 9.17) is 4.42 Å². The van der Waals surface area contributed by atoms with E-state index in [2.05, 4.69) is 19.9 Å². The van der Waals surface area contributed by atoms with E-state index in [0.717, 1.165) is 12.8 Å². The molecule has 0 aliphatic carbocycles. The molecule has 3 rings (SSSR count). The number of hydrogen-bond acceptors (Lipinski definition) is 6. The quantitative estimate of drug-likeness (QED) is 0.827. The first-order chi connectivity index (χ1) is 11.4. The Kier molecular flexibility index (Phi) is 4.41. The Bertz CT molecular complexity index is 833. The molecule has 24 heavy (non-hydrogen) atoms. The van der Waals surface area contributed by atoms with Gasteiger partial charge in [0.1, 0.15) is 10.6 Å². The number of carbonyl (C=O) groups excluding carboxylic acids is 1. The highest BCUT2D eigenvalue weighted by molar-refractivity contribution is 7.89. The molecule has 0 aromatic carbocycles. The van der Waals surface area contributed by atoms with Crippen molar-refractivity contribution in [2.24, 2.45) is 0 Å². The highest BCUT2D eigenvalue weighted by Crippen LogP contribution is 2.21. The summed E-state index contributed by atoms with van der Waals surface area (Å²) in [6, 6.07) is 1.17. The number of aromatic nitrogens is 3. The summed E-state index contributed by atoms with van der Waals surface area (Å²) in [5, 5.41) is 7.59. The zero-order valence-electron chi connectivity index (χ0n) is 13.4. The van der Waals surface area contributed by atoms with E-state index in [9.17, 15) is 13.2 Å². The van der Waals surface area contributed by atoms with Crippen LogP contribution in [0.4, 0.5) is 0 Å². The Hall–Kier alpha value is -2.20. The van der Waals surface area contributed by atoms with Gasteiger partial charge in [-0.2, -0.15) is 0 Å². The molecule has 1 amide bonds. The molecule has 2 aromatic heterocycles. The zero-order valence-corrected chi connectivity index (χ0v) is 14.3. The number of nitrogens with zero attached hydrogens (tertiary/aromatic N) is 3. The number of sulfonamides is 1. The molecule has 130 valence electrons. The maximum absolute atomic E-state index is 12.2. The fourth-order valence-corrected chi connectivity index (χ4v) is 3.75. The van der Waals surface area contributed by atoms with Crippen molar-refractivity contribution in [1.82, 2.24) is 24.8 Å². The molecule has 9 nitrogen and oxygen atoms in total. The van der Waals surface area contributed by atoms with Crippen molar-refractivity contribution in [3.63, 3.8) is 0 Å². The van der Waals surface area contributed by atoms with Crippen LogP contribution in [0, 0.1) is 0 Å². The van der Waals surface area contributed by atoms with E-state index in [0.29, 0.717) is 18.8 Å². The molecule has 0 atom stereocenters. The van der Waals surface area contributed by atoms with Gasteiger partial charge in [-0.05, 0) is 32.8 Å². The third-order valence-electron chi connectivity index (χ3n) is 3.59. The van der Waals surface area contributed by atoms with Crippen molar-refractivity contribution in [3.05, 3.63) is 18.2 Å². The second-order valence-corrected chi connectivity index (χ2v) is 7.65. The number of aromatic amines is 1. The van der Waals surface area contributed by atoms with Gasteiger partial charge in [0.05, 0.1) is 0 Å². The number of likely N-dealkylation sites (tertiary alicyclic amines) is 1. The van der Waals surface area contributed by atoms with Crippen LogP contribution in [0.5, 0.6) is 0 Å². The van der Waals surface area contributed by atoms with Crippen molar-refractivity contribution in [2.75, 3.05) is 13.1 Å². The van der Waals surface area contributed by atoms with E-state index < -0.39 is 10.0 Å². The van der Waals surface area contributed by atoms with Crippen molar-refractivity contribution >= 4 is 15.9 Å². The minimum Gasteiger partial charge on any atom is -0.411 e. The molecular weight excluding hydrogens is 334 g/mol. The maximum Gasteiger partial charge on any atom is 0.311 e. The number of hydrogen-bond donors (Lipinski definition) is 2. The first-order valence-corrected chi connectivity index (χ1v) is 9.19. The van der Waals surface area contributed by atoms with E-state index in [1.807, 2.05) is 0 Å². The molecule has 0 unspecified atom stereocenters. The molecule has 1 saturated heterocycles. The van der Waals surface area contributed by atoms with Gasteiger partial charge in [-0.3, -0.25) is 4.79 Å². The van der Waals surface area contributed by atoms with Crippen molar-refractivity contribution < 1.29 is 17.6 Å². The van der Waals surface area contributed by atoms with Crippen molar-refractivity contribution in [3.8, 4) is 11.6 Å². The molecule has 10 heteroatoms. The normalized spacial score (nSPS) is 15.4. The largest absolute Gasteiger partial charge is 0.411 e. The number of H-pyrrole nitrogens is 1. The summed E-state index contributed by atoms with van der Waals surface area (Å²) in [6.45, 7) is 4.84. The Morgan fingerprint density at radius 1 is 1.33 bits per heavy atom. The molecule has 0 saturated carbocycles. The van der Waals surface area contributed by atoms with Gasteiger partial charge in [-0.15, -0.1) is 10.2 Å². The van der Waals surface area contributed by atoms with Crippen molar-refractivity contribution in [1.29, 1.82) is 0 Å². The lowest BCUT2D eigenvalue weighted by molar-refractivity contribution is 0.0754. The first-order valence-electron chi connectivity index (χ1n) is 7.71. The number of nitrogens with one attached hydrogen (secondary N) is 2. The fraction of sp³-hybridized carbons (Fsp3) is 0.500. The van der Waals surface area contributed by atoms with E-state index in [1.165, 1.54) is 12.3 Å². The number of rotatable bonds is 5. The van der Waals surface area contributed by atoms with Crippen LogP contribution in [0.3, 0.4) is 0 Å². The molecule has 2 N–H and O–H groups in total. The third kappa shape index (κ3) is 3.34. The molecule has 0 bridgehead atoms. The molecule has 3 heterocycles. The Labute approximate surface area is 139 Å². The summed E-state index contributed by atoms with van der Waals surface area (Å²) in [5.74, 6) is -0.318. The summed E-state index contributed by atoms with van der Waals surface area (Å²) < 4.78 is 32.1. The average Bonchev–Trinajstić information content (AvgIpc) is 3.25. The SMILES string of the molecule is CC(C)NS(=O)(=O)c1c[nH]c(-c2nnc(C(=O)N3CCCC3)o2)c1. The van der Waals surface area contributed by atoms with Gasteiger partial charge in [0.25, 0.3) is 5.89 Å². The predicted molar refractivity (Wildman–Crippen MR) is 84.7 cm³/mol. The molecular formula is C14H19N5O4S. The van der Waals surface area contributed by atoms with Crippen LogP contribution in [0.1, 0.15) is 37.4 Å². The van der Waals surface area contributed by atoms with Crippen LogP contribution >= 0.6 is 0 Å². The highest BCUT2D eigenvalue weighted by atomic mass is 32.2. The lowest BCUT2D eigenvalue weighted by Gasteiger charge is -2.11. The Morgan fingerprint density at radius 3 is 2.71 bits per heavy atom. The van der Waals surface area contributed by atoms with Crippen LogP contribution in [0.25, 0.3) is 11.6 Å². The summed E-state index contributed by atoms with van der Waals surface area (Å²) in [7, 11) is -3.62. The van der Waals surface area contributed by atoms with Gasteiger partial charge < -0.3 is 14.3 Å². The van der Waals surface area contributed by atoms with Crippen LogP contribution in [0.2, 0.25) is 0 Å². The Morgan fingerprint density at radius 2 is 2.04 bits per heavy atom. The smallest absolute Gasteiger partial charge is 0.311 e. The lowest BCUT2D eigenvalue weighted by atomic mass is 10.4. The molecule has 1 aliphatic rings. The summed E-state index contributed by atoms with van der Waals surface area (Å²) in [5.41, 5.74) is 0.340. The van der Waals surface area contributed by atoms with Gasteiger partial charge in [0.2, 0.25) is 10.0 Å². The summed E-state index contributed by atoms with van der Waals surface area (Å²) in [4.78, 5) is 16.7. The van der Waals surface area contributed by atoms with Gasteiger partial charge in [-0.25, -0.2) is 13.1 Å². The van der Waals surface area contributed by atoms with Gasteiger partial charge in [-0.1, -0.05) is 0 Å². The lowest BCUT2D eigenvalue weighted by Crippen LogP contribution is -2.29. The maximum atomic E-state index is 12.2.